The lowest BCUT2D eigenvalue weighted by Gasteiger charge is -2.43. The SMILES string of the molecule is C=C1Nc2ncnc(N3CC4CCC(C3)N4C(=O)[C@H](CNC(C)C)c3ccc(Cl)cc3)c2[C@H]2C[C@@H]12. The van der Waals surface area contributed by atoms with E-state index in [9.17, 15) is 4.79 Å². The minimum atomic E-state index is -0.224. The first kappa shape index (κ1) is 22.8. The van der Waals surface area contributed by atoms with E-state index in [4.69, 9.17) is 16.6 Å². The topological polar surface area (TPSA) is 73.4 Å². The largest absolute Gasteiger partial charge is 0.352 e. The molecule has 8 heteroatoms. The van der Waals surface area contributed by atoms with Crippen LogP contribution in [0, 0.1) is 5.92 Å². The monoisotopic (exact) mass is 492 g/mol. The first-order valence-electron chi connectivity index (χ1n) is 12.8. The fourth-order valence-corrected chi connectivity index (χ4v) is 6.36. The van der Waals surface area contributed by atoms with Crippen molar-refractivity contribution in [1.82, 2.24) is 20.2 Å². The Balaban J connectivity index is 1.24. The number of halogens is 1. The van der Waals surface area contributed by atoms with E-state index in [1.165, 1.54) is 5.56 Å². The molecule has 4 aliphatic rings. The number of aromatic nitrogens is 2. The fraction of sp³-hybridized carbons (Fsp3) is 0.519. The first-order valence-corrected chi connectivity index (χ1v) is 13.1. The molecule has 2 aromatic rings. The van der Waals surface area contributed by atoms with Crippen LogP contribution in [-0.4, -0.2) is 58.5 Å². The Hall–Kier alpha value is -2.64. The van der Waals surface area contributed by atoms with Gasteiger partial charge in [0.05, 0.1) is 5.92 Å². The number of amides is 1. The van der Waals surface area contributed by atoms with Crippen LogP contribution < -0.4 is 15.5 Å². The molecule has 1 aromatic heterocycles. The van der Waals surface area contributed by atoms with Gasteiger partial charge in [0, 0.05) is 65.9 Å². The summed E-state index contributed by atoms with van der Waals surface area (Å²) in [4.78, 5) is 27.9. The third-order valence-corrected chi connectivity index (χ3v) is 8.34. The molecular formula is C27H33ClN6O. The van der Waals surface area contributed by atoms with Crippen molar-refractivity contribution in [2.24, 2.45) is 5.92 Å². The van der Waals surface area contributed by atoms with Gasteiger partial charge in [-0.05, 0) is 37.0 Å². The second kappa shape index (κ2) is 8.79. The second-order valence-electron chi connectivity index (χ2n) is 10.8. The highest BCUT2D eigenvalue weighted by Gasteiger charge is 2.50. The highest BCUT2D eigenvalue weighted by atomic mass is 35.5. The van der Waals surface area contributed by atoms with E-state index in [0.29, 0.717) is 29.4 Å². The summed E-state index contributed by atoms with van der Waals surface area (Å²) >= 11 is 6.14. The maximum atomic E-state index is 14.0. The Morgan fingerprint density at radius 2 is 1.89 bits per heavy atom. The lowest BCUT2D eigenvalue weighted by atomic mass is 9.95. The van der Waals surface area contributed by atoms with Crippen molar-refractivity contribution in [2.45, 2.75) is 63.1 Å². The van der Waals surface area contributed by atoms with Crippen molar-refractivity contribution in [3.05, 3.63) is 59.0 Å². The van der Waals surface area contributed by atoms with E-state index >= 15 is 0 Å². The number of carbonyl (C=O) groups excluding carboxylic acids is 1. The molecule has 35 heavy (non-hydrogen) atoms. The van der Waals surface area contributed by atoms with Gasteiger partial charge in [0.15, 0.2) is 0 Å². The number of allylic oxidation sites excluding steroid dienone is 1. The molecule has 2 N–H and O–H groups in total. The molecule has 1 amide bonds. The molecule has 184 valence electrons. The summed E-state index contributed by atoms with van der Waals surface area (Å²) < 4.78 is 0. The summed E-state index contributed by atoms with van der Waals surface area (Å²) in [6, 6.07) is 8.45. The summed E-state index contributed by atoms with van der Waals surface area (Å²) in [5, 5.41) is 7.58. The Labute approximate surface area is 212 Å². The average Bonchev–Trinajstić information content (AvgIpc) is 3.60. The fourth-order valence-electron chi connectivity index (χ4n) is 6.24. The lowest BCUT2D eigenvalue weighted by Crippen LogP contribution is -2.58. The number of hydrogen-bond acceptors (Lipinski definition) is 6. The molecule has 0 radical (unpaired) electrons. The molecule has 5 atom stereocenters. The predicted octanol–water partition coefficient (Wildman–Crippen LogP) is 4.13. The van der Waals surface area contributed by atoms with E-state index in [1.54, 1.807) is 6.33 Å². The Bertz CT molecular complexity index is 1140. The number of nitrogens with one attached hydrogen (secondary N) is 2. The van der Waals surface area contributed by atoms with Gasteiger partial charge in [0.2, 0.25) is 5.91 Å². The quantitative estimate of drug-likeness (QED) is 0.631. The maximum absolute atomic E-state index is 14.0. The first-order chi connectivity index (χ1) is 16.9. The summed E-state index contributed by atoms with van der Waals surface area (Å²) in [5.74, 6) is 2.93. The second-order valence-corrected chi connectivity index (χ2v) is 11.2. The van der Waals surface area contributed by atoms with Crippen LogP contribution >= 0.6 is 11.6 Å². The van der Waals surface area contributed by atoms with Crippen LogP contribution in [-0.2, 0) is 4.79 Å². The molecule has 2 saturated heterocycles. The third kappa shape index (κ3) is 4.08. The maximum Gasteiger partial charge on any atom is 0.232 e. The molecule has 1 saturated carbocycles. The number of fused-ring (bicyclic) bond motifs is 5. The minimum absolute atomic E-state index is 0.197. The molecule has 3 fully saturated rings. The highest BCUT2D eigenvalue weighted by Crippen LogP contribution is 2.58. The number of anilines is 2. The molecule has 1 aliphatic carbocycles. The molecule has 3 aliphatic heterocycles. The van der Waals surface area contributed by atoms with Gasteiger partial charge in [-0.15, -0.1) is 0 Å². The van der Waals surface area contributed by atoms with E-state index in [2.05, 4.69) is 45.8 Å². The zero-order valence-corrected chi connectivity index (χ0v) is 21.1. The van der Waals surface area contributed by atoms with E-state index < -0.39 is 0 Å². The van der Waals surface area contributed by atoms with Crippen molar-refractivity contribution in [2.75, 3.05) is 29.9 Å². The van der Waals surface area contributed by atoms with Crippen molar-refractivity contribution in [1.29, 1.82) is 0 Å². The normalized spacial score (nSPS) is 27.4. The number of rotatable bonds is 6. The van der Waals surface area contributed by atoms with Crippen molar-refractivity contribution in [3.63, 3.8) is 0 Å². The smallest absolute Gasteiger partial charge is 0.232 e. The number of carbonyl (C=O) groups is 1. The van der Waals surface area contributed by atoms with Gasteiger partial charge in [-0.25, -0.2) is 9.97 Å². The van der Waals surface area contributed by atoms with Crippen LogP contribution in [0.15, 0.2) is 42.9 Å². The zero-order valence-electron chi connectivity index (χ0n) is 20.4. The van der Waals surface area contributed by atoms with E-state index in [1.807, 2.05) is 24.3 Å². The number of benzene rings is 1. The van der Waals surface area contributed by atoms with Gasteiger partial charge in [0.25, 0.3) is 0 Å². The third-order valence-electron chi connectivity index (χ3n) is 8.09. The zero-order chi connectivity index (χ0) is 24.3. The average molecular weight is 493 g/mol. The molecule has 7 nitrogen and oxygen atoms in total. The Morgan fingerprint density at radius 1 is 1.17 bits per heavy atom. The number of hydrogen-bond donors (Lipinski definition) is 2. The van der Waals surface area contributed by atoms with Crippen molar-refractivity contribution in [3.8, 4) is 0 Å². The molecule has 6 rings (SSSR count). The predicted molar refractivity (Wildman–Crippen MR) is 139 cm³/mol. The van der Waals surface area contributed by atoms with Crippen LogP contribution in [0.3, 0.4) is 0 Å². The van der Waals surface area contributed by atoms with Gasteiger partial charge >= 0.3 is 0 Å². The lowest BCUT2D eigenvalue weighted by molar-refractivity contribution is -0.136. The molecular weight excluding hydrogens is 460 g/mol. The van der Waals surface area contributed by atoms with Crippen molar-refractivity contribution < 1.29 is 4.79 Å². The van der Waals surface area contributed by atoms with Crippen LogP contribution in [0.25, 0.3) is 0 Å². The van der Waals surface area contributed by atoms with Gasteiger partial charge in [-0.3, -0.25) is 4.79 Å². The minimum Gasteiger partial charge on any atom is -0.352 e. The van der Waals surface area contributed by atoms with Gasteiger partial charge in [0.1, 0.15) is 18.0 Å². The van der Waals surface area contributed by atoms with Crippen LogP contribution in [0.5, 0.6) is 0 Å². The summed E-state index contributed by atoms with van der Waals surface area (Å²) in [6.45, 7) is 10.6. The van der Waals surface area contributed by atoms with Crippen molar-refractivity contribution >= 4 is 29.1 Å². The highest BCUT2D eigenvalue weighted by molar-refractivity contribution is 6.30. The van der Waals surface area contributed by atoms with Crippen LogP contribution in [0.1, 0.15) is 56.1 Å². The number of piperazine rings is 1. The van der Waals surface area contributed by atoms with E-state index in [-0.39, 0.29) is 23.9 Å². The van der Waals surface area contributed by atoms with Gasteiger partial charge in [-0.2, -0.15) is 0 Å². The van der Waals surface area contributed by atoms with Gasteiger partial charge in [-0.1, -0.05) is 44.2 Å². The molecule has 1 aromatic carbocycles. The van der Waals surface area contributed by atoms with Crippen LogP contribution in [0.2, 0.25) is 5.02 Å². The number of nitrogens with zero attached hydrogens (tertiary/aromatic N) is 4. The summed E-state index contributed by atoms with van der Waals surface area (Å²) in [6.07, 6.45) is 4.85. The van der Waals surface area contributed by atoms with Gasteiger partial charge < -0.3 is 20.4 Å². The molecule has 0 spiro atoms. The Kier molecular flexibility index (Phi) is 5.72. The molecule has 2 unspecified atom stereocenters. The summed E-state index contributed by atoms with van der Waals surface area (Å²) in [5.41, 5.74) is 3.33. The van der Waals surface area contributed by atoms with Crippen LogP contribution in [0.4, 0.5) is 11.6 Å². The molecule has 2 bridgehead atoms. The summed E-state index contributed by atoms with van der Waals surface area (Å²) in [7, 11) is 0. The Morgan fingerprint density at radius 3 is 2.57 bits per heavy atom. The van der Waals surface area contributed by atoms with E-state index in [0.717, 1.165) is 55.2 Å². The molecule has 4 heterocycles. The standard InChI is InChI=1S/C27H33ClN6O/c1-15(2)29-11-23(17-4-6-18(28)7-5-17)27(35)34-19-8-9-20(34)13-33(12-19)26-24-22-10-21(22)16(3)32-25(24)30-14-31-26/h4-7,14-15,19-23,29H,3,8-13H2,1-2H3,(H,30,31,32)/t19?,20?,21-,22-,23+/m0/s1.